The number of anilines is 2. The molecule has 0 amide bonds. The molecule has 24 heavy (non-hydrogen) atoms. The van der Waals surface area contributed by atoms with Gasteiger partial charge in [-0.25, -0.2) is 0 Å². The first-order valence-corrected chi connectivity index (χ1v) is 8.77. The summed E-state index contributed by atoms with van der Waals surface area (Å²) in [5, 5.41) is 0. The summed E-state index contributed by atoms with van der Waals surface area (Å²) in [7, 11) is 0. The number of rotatable bonds is 4. The second kappa shape index (κ2) is 8.81. The molecular weight excluding hydrogens is 306 g/mol. The fraction of sp³-hybridized carbons (Fsp3) is 0.706. The molecule has 0 aliphatic carbocycles. The van der Waals surface area contributed by atoms with Crippen molar-refractivity contribution in [3.05, 3.63) is 5.82 Å². The second-order valence-corrected chi connectivity index (χ2v) is 5.86. The summed E-state index contributed by atoms with van der Waals surface area (Å²) in [4.78, 5) is 18.1. The summed E-state index contributed by atoms with van der Waals surface area (Å²) >= 11 is 0. The van der Waals surface area contributed by atoms with Gasteiger partial charge in [0.15, 0.2) is 0 Å². The van der Waals surface area contributed by atoms with Crippen LogP contribution in [0.3, 0.4) is 0 Å². The van der Waals surface area contributed by atoms with Crippen LogP contribution < -0.4 is 9.80 Å². The van der Waals surface area contributed by atoms with Gasteiger partial charge in [0.2, 0.25) is 17.7 Å². The van der Waals surface area contributed by atoms with Gasteiger partial charge in [-0.1, -0.05) is 19.3 Å². The summed E-state index contributed by atoms with van der Waals surface area (Å²) in [6.07, 6.45) is 3.12. The van der Waals surface area contributed by atoms with Gasteiger partial charge in [0.05, 0.1) is 26.4 Å². The van der Waals surface area contributed by atoms with E-state index in [0.717, 1.165) is 45.4 Å². The van der Waals surface area contributed by atoms with Crippen LogP contribution in [0.15, 0.2) is 0 Å². The van der Waals surface area contributed by atoms with Gasteiger partial charge in [-0.15, -0.1) is 0 Å². The Kier molecular flexibility index (Phi) is 6.21. The SMILES string of the molecule is CCCCC#Cc1nc(N2CCOCC2)nc(N2CCOCC2)n1. The number of hydrogen-bond donors (Lipinski definition) is 0. The zero-order valence-electron chi connectivity index (χ0n) is 14.3. The minimum atomic E-state index is 0.559. The Bertz CT molecular complexity index is 550. The fourth-order valence-electron chi connectivity index (χ4n) is 2.63. The van der Waals surface area contributed by atoms with E-state index in [4.69, 9.17) is 9.47 Å². The number of nitrogens with zero attached hydrogens (tertiary/aromatic N) is 5. The van der Waals surface area contributed by atoms with E-state index in [9.17, 15) is 0 Å². The predicted octanol–water partition coefficient (Wildman–Crippen LogP) is 1.09. The second-order valence-electron chi connectivity index (χ2n) is 5.86. The van der Waals surface area contributed by atoms with Crippen molar-refractivity contribution in [3.63, 3.8) is 0 Å². The molecule has 2 aliphatic heterocycles. The molecular formula is C17H25N5O2. The molecule has 0 radical (unpaired) electrons. The number of aromatic nitrogens is 3. The Hall–Kier alpha value is -1.91. The summed E-state index contributed by atoms with van der Waals surface area (Å²) in [5.41, 5.74) is 0. The summed E-state index contributed by atoms with van der Waals surface area (Å²) in [6.45, 7) is 8.19. The molecule has 0 saturated carbocycles. The zero-order valence-corrected chi connectivity index (χ0v) is 14.3. The monoisotopic (exact) mass is 331 g/mol. The van der Waals surface area contributed by atoms with E-state index in [2.05, 4.69) is 43.5 Å². The smallest absolute Gasteiger partial charge is 0.231 e. The van der Waals surface area contributed by atoms with Crippen molar-refractivity contribution in [3.8, 4) is 11.8 Å². The van der Waals surface area contributed by atoms with Crippen LogP contribution >= 0.6 is 0 Å². The van der Waals surface area contributed by atoms with Crippen LogP contribution in [-0.4, -0.2) is 67.6 Å². The molecule has 2 saturated heterocycles. The molecule has 0 spiro atoms. The van der Waals surface area contributed by atoms with Crippen molar-refractivity contribution in [2.75, 3.05) is 62.4 Å². The highest BCUT2D eigenvalue weighted by molar-refractivity contribution is 5.42. The molecule has 0 unspecified atom stereocenters. The van der Waals surface area contributed by atoms with Crippen molar-refractivity contribution in [2.45, 2.75) is 26.2 Å². The highest BCUT2D eigenvalue weighted by Gasteiger charge is 2.20. The van der Waals surface area contributed by atoms with Crippen molar-refractivity contribution in [2.24, 2.45) is 0 Å². The quantitative estimate of drug-likeness (QED) is 0.604. The van der Waals surface area contributed by atoms with Gasteiger partial charge in [0.1, 0.15) is 0 Å². The molecule has 7 heteroatoms. The van der Waals surface area contributed by atoms with E-state index in [1.165, 1.54) is 0 Å². The zero-order chi connectivity index (χ0) is 16.6. The van der Waals surface area contributed by atoms with Crippen molar-refractivity contribution in [1.82, 2.24) is 15.0 Å². The summed E-state index contributed by atoms with van der Waals surface area (Å²) in [6, 6.07) is 0. The van der Waals surface area contributed by atoms with Crippen LogP contribution in [0, 0.1) is 11.8 Å². The van der Waals surface area contributed by atoms with Crippen LogP contribution in [0.2, 0.25) is 0 Å². The van der Waals surface area contributed by atoms with Crippen LogP contribution in [0.4, 0.5) is 11.9 Å². The van der Waals surface area contributed by atoms with Gasteiger partial charge in [-0.3, -0.25) is 0 Å². The van der Waals surface area contributed by atoms with Crippen LogP contribution in [0.1, 0.15) is 32.0 Å². The first kappa shape index (κ1) is 16.9. The van der Waals surface area contributed by atoms with Gasteiger partial charge in [-0.05, 0) is 12.3 Å². The van der Waals surface area contributed by atoms with E-state index in [0.29, 0.717) is 44.1 Å². The standard InChI is InChI=1S/C17H25N5O2/c1-2-3-4-5-6-15-18-16(21-7-11-23-12-8-21)20-17(19-15)22-9-13-24-14-10-22/h2-4,7-14H2,1H3. The Balaban J connectivity index is 1.84. The Morgan fingerprint density at radius 2 is 1.42 bits per heavy atom. The third kappa shape index (κ3) is 4.56. The van der Waals surface area contributed by atoms with Gasteiger partial charge in [0, 0.05) is 32.6 Å². The molecule has 2 aliphatic rings. The maximum Gasteiger partial charge on any atom is 0.231 e. The predicted molar refractivity (Wildman–Crippen MR) is 92.3 cm³/mol. The average molecular weight is 331 g/mol. The summed E-state index contributed by atoms with van der Waals surface area (Å²) in [5.74, 6) is 8.25. The normalized spacial score (nSPS) is 18.2. The minimum Gasteiger partial charge on any atom is -0.378 e. The molecule has 2 fully saturated rings. The van der Waals surface area contributed by atoms with Crippen molar-refractivity contribution in [1.29, 1.82) is 0 Å². The van der Waals surface area contributed by atoms with Gasteiger partial charge >= 0.3 is 0 Å². The lowest BCUT2D eigenvalue weighted by Crippen LogP contribution is -2.40. The topological polar surface area (TPSA) is 63.6 Å². The third-order valence-electron chi connectivity index (χ3n) is 4.06. The maximum absolute atomic E-state index is 5.42. The van der Waals surface area contributed by atoms with E-state index < -0.39 is 0 Å². The Morgan fingerprint density at radius 3 is 1.92 bits per heavy atom. The van der Waals surface area contributed by atoms with Crippen molar-refractivity contribution >= 4 is 11.9 Å². The molecule has 0 atom stereocenters. The van der Waals surface area contributed by atoms with E-state index in [1.807, 2.05) is 0 Å². The maximum atomic E-state index is 5.42. The third-order valence-corrected chi connectivity index (χ3v) is 4.06. The highest BCUT2D eigenvalue weighted by Crippen LogP contribution is 2.16. The molecule has 1 aromatic heterocycles. The molecule has 0 N–H and O–H groups in total. The molecule has 1 aromatic rings. The molecule has 0 aromatic carbocycles. The first-order chi connectivity index (χ1) is 11.9. The molecule has 0 bridgehead atoms. The highest BCUT2D eigenvalue weighted by atomic mass is 16.5. The van der Waals surface area contributed by atoms with Gasteiger partial charge < -0.3 is 19.3 Å². The van der Waals surface area contributed by atoms with E-state index in [-0.39, 0.29) is 0 Å². The lowest BCUT2D eigenvalue weighted by Gasteiger charge is -2.29. The molecule has 130 valence electrons. The number of unbranched alkanes of at least 4 members (excludes halogenated alkanes) is 2. The van der Waals surface area contributed by atoms with E-state index >= 15 is 0 Å². The Morgan fingerprint density at radius 1 is 0.875 bits per heavy atom. The van der Waals surface area contributed by atoms with Crippen LogP contribution in [-0.2, 0) is 9.47 Å². The van der Waals surface area contributed by atoms with Gasteiger partial charge in [-0.2, -0.15) is 15.0 Å². The summed E-state index contributed by atoms with van der Waals surface area (Å²) < 4.78 is 10.8. The van der Waals surface area contributed by atoms with Crippen molar-refractivity contribution < 1.29 is 9.47 Å². The number of hydrogen-bond acceptors (Lipinski definition) is 7. The van der Waals surface area contributed by atoms with Crippen LogP contribution in [0.25, 0.3) is 0 Å². The number of ether oxygens (including phenoxy) is 2. The fourth-order valence-corrected chi connectivity index (χ4v) is 2.63. The molecule has 7 nitrogen and oxygen atoms in total. The largest absolute Gasteiger partial charge is 0.378 e. The van der Waals surface area contributed by atoms with Crippen LogP contribution in [0.5, 0.6) is 0 Å². The lowest BCUT2D eigenvalue weighted by molar-refractivity contribution is 0.121. The molecule has 3 heterocycles. The molecule has 3 rings (SSSR count). The first-order valence-electron chi connectivity index (χ1n) is 8.77. The van der Waals surface area contributed by atoms with E-state index in [1.54, 1.807) is 0 Å². The number of morpholine rings is 2. The van der Waals surface area contributed by atoms with Gasteiger partial charge in [0.25, 0.3) is 0 Å². The Labute approximate surface area is 143 Å². The minimum absolute atomic E-state index is 0.559. The average Bonchev–Trinajstić information content (AvgIpc) is 2.66. The lowest BCUT2D eigenvalue weighted by atomic mass is 10.2.